The first-order valence-corrected chi connectivity index (χ1v) is 8.74. The number of nitrogens with zero attached hydrogens (tertiary/aromatic N) is 2. The van der Waals surface area contributed by atoms with E-state index in [9.17, 15) is 18.5 Å². The van der Waals surface area contributed by atoms with Gasteiger partial charge in [0.15, 0.2) is 0 Å². The van der Waals surface area contributed by atoms with E-state index in [0.29, 0.717) is 16.4 Å². The van der Waals surface area contributed by atoms with Gasteiger partial charge in [0.25, 0.3) is 15.7 Å². The van der Waals surface area contributed by atoms with Crippen molar-refractivity contribution in [2.75, 3.05) is 23.7 Å². The van der Waals surface area contributed by atoms with Crippen molar-refractivity contribution in [2.24, 2.45) is 0 Å². The third kappa shape index (κ3) is 3.44. The van der Waals surface area contributed by atoms with Crippen LogP contribution in [-0.2, 0) is 10.0 Å². The summed E-state index contributed by atoms with van der Waals surface area (Å²) in [5.41, 5.74) is 0.615. The number of anilines is 2. The highest BCUT2D eigenvalue weighted by atomic mass is 35.5. The second-order valence-electron chi connectivity index (χ2n) is 5.29. The van der Waals surface area contributed by atoms with E-state index in [1.807, 2.05) is 0 Å². The zero-order valence-electron chi connectivity index (χ0n) is 13.3. The number of hydrogen-bond donors (Lipinski definition) is 1. The fourth-order valence-electron chi connectivity index (χ4n) is 2.34. The summed E-state index contributed by atoms with van der Waals surface area (Å²) in [7, 11) is -0.545. The number of nitrogens with one attached hydrogen (secondary N) is 1. The second-order valence-corrected chi connectivity index (χ2v) is 7.35. The molecule has 0 fully saturated rings. The van der Waals surface area contributed by atoms with Gasteiger partial charge in [-0.1, -0.05) is 23.7 Å². The van der Waals surface area contributed by atoms with Gasteiger partial charge in [0.05, 0.1) is 26.2 Å². The van der Waals surface area contributed by atoms with E-state index >= 15 is 0 Å². The summed E-state index contributed by atoms with van der Waals surface area (Å²) in [5, 5.41) is 11.4. The highest BCUT2D eigenvalue weighted by Gasteiger charge is 2.24. The van der Waals surface area contributed by atoms with Gasteiger partial charge in [0.2, 0.25) is 0 Å². The molecule has 0 aliphatic carbocycles. The van der Waals surface area contributed by atoms with Gasteiger partial charge in [-0.2, -0.15) is 0 Å². The number of nitro groups is 1. The minimum atomic E-state index is -4.01. The number of sulfonamides is 1. The Morgan fingerprint density at radius 1 is 1.17 bits per heavy atom. The van der Waals surface area contributed by atoms with Crippen molar-refractivity contribution in [3.05, 3.63) is 57.1 Å². The van der Waals surface area contributed by atoms with Crippen molar-refractivity contribution >= 4 is 38.7 Å². The largest absolute Gasteiger partial charge is 0.375 e. The monoisotopic (exact) mass is 369 g/mol. The van der Waals surface area contributed by atoms with E-state index in [0.717, 1.165) is 0 Å². The Kier molecular flexibility index (Phi) is 5.00. The number of hydrogen-bond acceptors (Lipinski definition) is 5. The van der Waals surface area contributed by atoms with Crippen LogP contribution in [0.2, 0.25) is 5.02 Å². The molecular formula is C15H16ClN3O4S. The van der Waals surface area contributed by atoms with Gasteiger partial charge in [-0.25, -0.2) is 8.42 Å². The lowest BCUT2D eigenvalue weighted by Gasteiger charge is -2.20. The predicted octanol–water partition coefficient (Wildman–Crippen LogP) is 3.42. The zero-order valence-corrected chi connectivity index (χ0v) is 14.9. The molecule has 0 saturated carbocycles. The van der Waals surface area contributed by atoms with Gasteiger partial charge >= 0.3 is 0 Å². The molecule has 0 bridgehead atoms. The number of halogens is 1. The molecule has 0 spiro atoms. The standard InChI is InChI=1S/C15H16ClN3O4S/c1-10-13(19(20)21)8-5-9-14(10)24(22,23)17-12-7-4-6-11(16)15(12)18(2)3/h4-9,17H,1-3H3. The summed E-state index contributed by atoms with van der Waals surface area (Å²) < 4.78 is 27.8. The fourth-order valence-corrected chi connectivity index (χ4v) is 4.02. The highest BCUT2D eigenvalue weighted by Crippen LogP contribution is 2.34. The topological polar surface area (TPSA) is 92.5 Å². The second kappa shape index (κ2) is 6.66. The van der Waals surface area contributed by atoms with Crippen molar-refractivity contribution < 1.29 is 13.3 Å². The summed E-state index contributed by atoms with van der Waals surface area (Å²) in [6, 6.07) is 8.76. The SMILES string of the molecule is Cc1c([N+](=O)[O-])cccc1S(=O)(=O)Nc1cccc(Cl)c1N(C)C. The minimum Gasteiger partial charge on any atom is -0.375 e. The van der Waals surface area contributed by atoms with Gasteiger partial charge in [0, 0.05) is 25.7 Å². The van der Waals surface area contributed by atoms with Crippen LogP contribution in [0.4, 0.5) is 17.1 Å². The average Bonchev–Trinajstić information content (AvgIpc) is 2.46. The van der Waals surface area contributed by atoms with Crippen LogP contribution >= 0.6 is 11.6 Å². The lowest BCUT2D eigenvalue weighted by atomic mass is 10.2. The van der Waals surface area contributed by atoms with E-state index in [4.69, 9.17) is 11.6 Å². The van der Waals surface area contributed by atoms with Gasteiger partial charge < -0.3 is 4.90 Å². The number of para-hydroxylation sites is 1. The van der Waals surface area contributed by atoms with E-state index in [-0.39, 0.29) is 16.1 Å². The van der Waals surface area contributed by atoms with Crippen LogP contribution in [0.5, 0.6) is 0 Å². The van der Waals surface area contributed by atoms with Gasteiger partial charge in [-0.05, 0) is 25.1 Å². The van der Waals surface area contributed by atoms with Gasteiger partial charge in [0.1, 0.15) is 0 Å². The van der Waals surface area contributed by atoms with E-state index in [1.165, 1.54) is 25.1 Å². The molecule has 2 aromatic rings. The smallest absolute Gasteiger partial charge is 0.273 e. The molecule has 0 atom stereocenters. The fraction of sp³-hybridized carbons (Fsp3) is 0.200. The quantitative estimate of drug-likeness (QED) is 0.643. The third-order valence-corrected chi connectivity index (χ3v) is 5.23. The number of benzene rings is 2. The lowest BCUT2D eigenvalue weighted by Crippen LogP contribution is -2.18. The highest BCUT2D eigenvalue weighted by molar-refractivity contribution is 7.92. The molecule has 0 heterocycles. The molecule has 2 aromatic carbocycles. The van der Waals surface area contributed by atoms with Crippen molar-refractivity contribution in [1.29, 1.82) is 0 Å². The number of nitro benzene ring substituents is 1. The van der Waals surface area contributed by atoms with Crippen LogP contribution in [0.3, 0.4) is 0 Å². The minimum absolute atomic E-state index is 0.0726. The van der Waals surface area contributed by atoms with Gasteiger partial charge in [-0.15, -0.1) is 0 Å². The molecular weight excluding hydrogens is 354 g/mol. The molecule has 128 valence electrons. The maximum Gasteiger partial charge on any atom is 0.273 e. The predicted molar refractivity (Wildman–Crippen MR) is 94.4 cm³/mol. The zero-order chi connectivity index (χ0) is 18.1. The van der Waals surface area contributed by atoms with Crippen LogP contribution in [0.25, 0.3) is 0 Å². The molecule has 7 nitrogen and oxygen atoms in total. The first-order chi connectivity index (χ1) is 11.1. The van der Waals surface area contributed by atoms with E-state index in [1.54, 1.807) is 37.2 Å². The molecule has 0 aliphatic heterocycles. The maximum absolute atomic E-state index is 12.7. The van der Waals surface area contributed by atoms with Crippen LogP contribution in [0.15, 0.2) is 41.3 Å². The number of rotatable bonds is 5. The van der Waals surface area contributed by atoms with Crippen molar-refractivity contribution in [2.45, 2.75) is 11.8 Å². The Balaban J connectivity index is 2.54. The molecule has 0 saturated heterocycles. The molecule has 0 aliphatic rings. The van der Waals surface area contributed by atoms with Crippen LogP contribution in [0, 0.1) is 17.0 Å². The van der Waals surface area contributed by atoms with Crippen molar-refractivity contribution in [3.8, 4) is 0 Å². The molecule has 2 rings (SSSR count). The maximum atomic E-state index is 12.7. The summed E-state index contributed by atoms with van der Waals surface area (Å²) in [6.45, 7) is 1.40. The first kappa shape index (κ1) is 18.0. The molecule has 9 heteroatoms. The molecule has 0 aromatic heterocycles. The van der Waals surface area contributed by atoms with Crippen LogP contribution < -0.4 is 9.62 Å². The Bertz CT molecular complexity index is 898. The normalized spacial score (nSPS) is 11.2. The van der Waals surface area contributed by atoms with Crippen molar-refractivity contribution in [3.63, 3.8) is 0 Å². The Labute approximate surface area is 145 Å². The average molecular weight is 370 g/mol. The van der Waals surface area contributed by atoms with Crippen molar-refractivity contribution in [1.82, 2.24) is 0 Å². The molecule has 0 radical (unpaired) electrons. The lowest BCUT2D eigenvalue weighted by molar-refractivity contribution is -0.385. The van der Waals surface area contributed by atoms with E-state index in [2.05, 4.69) is 4.72 Å². The first-order valence-electron chi connectivity index (χ1n) is 6.88. The van der Waals surface area contributed by atoms with Crippen LogP contribution in [-0.4, -0.2) is 27.4 Å². The molecule has 0 unspecified atom stereocenters. The van der Waals surface area contributed by atoms with Crippen LogP contribution in [0.1, 0.15) is 5.56 Å². The molecule has 0 amide bonds. The summed E-state index contributed by atoms with van der Waals surface area (Å²) in [4.78, 5) is 11.9. The summed E-state index contributed by atoms with van der Waals surface area (Å²) in [6.07, 6.45) is 0. The molecule has 24 heavy (non-hydrogen) atoms. The summed E-state index contributed by atoms with van der Waals surface area (Å²) >= 11 is 6.13. The Hall–Kier alpha value is -2.32. The third-order valence-electron chi connectivity index (χ3n) is 3.42. The Morgan fingerprint density at radius 3 is 2.38 bits per heavy atom. The van der Waals surface area contributed by atoms with E-state index < -0.39 is 14.9 Å². The Morgan fingerprint density at radius 2 is 1.79 bits per heavy atom. The molecule has 1 N–H and O–H groups in total. The van der Waals surface area contributed by atoms with Gasteiger partial charge in [-0.3, -0.25) is 14.8 Å². The summed E-state index contributed by atoms with van der Waals surface area (Å²) in [5.74, 6) is 0.